The molecule has 5 heterocycles. The van der Waals surface area contributed by atoms with E-state index in [4.69, 9.17) is 4.98 Å². The Morgan fingerprint density at radius 2 is 1.83 bits per heavy atom. The van der Waals surface area contributed by atoms with E-state index in [9.17, 15) is 4.39 Å². The molecule has 6 rings (SSSR count). The third-order valence-electron chi connectivity index (χ3n) is 7.07. The van der Waals surface area contributed by atoms with Gasteiger partial charge >= 0.3 is 0 Å². The Morgan fingerprint density at radius 3 is 2.57 bits per heavy atom. The van der Waals surface area contributed by atoms with E-state index >= 15 is 0 Å². The highest BCUT2D eigenvalue weighted by molar-refractivity contribution is 7.21. The number of nitrogens with one attached hydrogen (secondary N) is 1. The van der Waals surface area contributed by atoms with Crippen molar-refractivity contribution in [3.63, 3.8) is 0 Å². The van der Waals surface area contributed by atoms with Gasteiger partial charge in [-0.15, -0.1) is 11.3 Å². The van der Waals surface area contributed by atoms with E-state index in [0.29, 0.717) is 17.8 Å². The molecular formula is C25H29FN8S. The molecule has 0 radical (unpaired) electrons. The summed E-state index contributed by atoms with van der Waals surface area (Å²) in [6.45, 7) is 6.12. The molecule has 1 saturated carbocycles. The summed E-state index contributed by atoms with van der Waals surface area (Å²) in [6.07, 6.45) is 7.94. The summed E-state index contributed by atoms with van der Waals surface area (Å²) < 4.78 is 17.1. The van der Waals surface area contributed by atoms with Crippen LogP contribution in [0.15, 0.2) is 30.6 Å². The zero-order valence-corrected chi connectivity index (χ0v) is 20.9. The van der Waals surface area contributed by atoms with E-state index in [1.165, 1.54) is 31.9 Å². The number of hydrogen-bond donors (Lipinski definition) is 1. The number of imidazole rings is 1. The Labute approximate surface area is 207 Å². The van der Waals surface area contributed by atoms with Gasteiger partial charge in [-0.3, -0.25) is 0 Å². The SMILES string of the molecule is Cc1nc2cc(-c3nc(Nc4ccc(N5CCN(C)CC5)cn4)ncc3F)sc2n1C1CCCC1. The highest BCUT2D eigenvalue weighted by Gasteiger charge is 2.24. The van der Waals surface area contributed by atoms with Crippen molar-refractivity contribution >= 4 is 39.1 Å². The van der Waals surface area contributed by atoms with Gasteiger partial charge in [0.25, 0.3) is 0 Å². The van der Waals surface area contributed by atoms with Crippen LogP contribution in [0.5, 0.6) is 0 Å². The molecule has 0 amide bonds. The number of aromatic nitrogens is 5. The van der Waals surface area contributed by atoms with Crippen LogP contribution >= 0.6 is 11.3 Å². The molecule has 0 aromatic carbocycles. The second-order valence-electron chi connectivity index (χ2n) is 9.48. The summed E-state index contributed by atoms with van der Waals surface area (Å²) >= 11 is 1.55. The van der Waals surface area contributed by atoms with E-state index in [1.54, 1.807) is 11.3 Å². The summed E-state index contributed by atoms with van der Waals surface area (Å²) in [5, 5.41) is 3.13. The van der Waals surface area contributed by atoms with E-state index in [0.717, 1.165) is 52.9 Å². The number of halogens is 1. The van der Waals surface area contributed by atoms with Gasteiger partial charge in [-0.2, -0.15) is 0 Å². The Kier molecular flexibility index (Phi) is 5.85. The van der Waals surface area contributed by atoms with Crippen LogP contribution in [-0.4, -0.2) is 62.6 Å². The van der Waals surface area contributed by atoms with Crippen molar-refractivity contribution in [3.05, 3.63) is 42.2 Å². The van der Waals surface area contributed by atoms with Crippen LogP contribution in [-0.2, 0) is 0 Å². The maximum Gasteiger partial charge on any atom is 0.229 e. The molecule has 182 valence electrons. The minimum absolute atomic E-state index is 0.287. The molecule has 1 N–H and O–H groups in total. The molecule has 1 aliphatic carbocycles. The summed E-state index contributed by atoms with van der Waals surface area (Å²) in [5.74, 6) is 1.53. The van der Waals surface area contributed by atoms with Crippen LogP contribution in [0.2, 0.25) is 0 Å². The smallest absolute Gasteiger partial charge is 0.229 e. The number of fused-ring (bicyclic) bond motifs is 1. The monoisotopic (exact) mass is 492 g/mol. The number of pyridine rings is 1. The van der Waals surface area contributed by atoms with Crippen LogP contribution in [0.4, 0.5) is 21.8 Å². The number of piperazine rings is 1. The van der Waals surface area contributed by atoms with Crippen molar-refractivity contribution in [2.24, 2.45) is 0 Å². The molecule has 0 atom stereocenters. The molecule has 2 aliphatic rings. The first kappa shape index (κ1) is 22.4. The lowest BCUT2D eigenvalue weighted by atomic mass is 10.2. The van der Waals surface area contributed by atoms with Gasteiger partial charge in [0.15, 0.2) is 5.82 Å². The van der Waals surface area contributed by atoms with Gasteiger partial charge in [0.05, 0.1) is 23.0 Å². The second-order valence-corrected chi connectivity index (χ2v) is 10.5. The zero-order valence-electron chi connectivity index (χ0n) is 20.0. The molecule has 0 spiro atoms. The van der Waals surface area contributed by atoms with Gasteiger partial charge < -0.3 is 19.7 Å². The predicted molar refractivity (Wildman–Crippen MR) is 138 cm³/mol. The predicted octanol–water partition coefficient (Wildman–Crippen LogP) is 5.01. The topological polar surface area (TPSA) is 75.0 Å². The number of rotatable bonds is 5. The van der Waals surface area contributed by atoms with Gasteiger partial charge in [0.1, 0.15) is 27.7 Å². The zero-order chi connectivity index (χ0) is 23.9. The van der Waals surface area contributed by atoms with Crippen molar-refractivity contribution in [1.29, 1.82) is 0 Å². The average molecular weight is 493 g/mol. The van der Waals surface area contributed by atoms with Crippen LogP contribution in [0.1, 0.15) is 37.5 Å². The molecule has 10 heteroatoms. The summed E-state index contributed by atoms with van der Waals surface area (Å²) in [5.41, 5.74) is 2.29. The lowest BCUT2D eigenvalue weighted by Gasteiger charge is -2.33. The Morgan fingerprint density at radius 1 is 1.03 bits per heavy atom. The van der Waals surface area contributed by atoms with E-state index in [-0.39, 0.29) is 5.69 Å². The van der Waals surface area contributed by atoms with E-state index in [1.807, 2.05) is 24.4 Å². The number of anilines is 3. The molecule has 0 bridgehead atoms. The molecule has 4 aromatic rings. The molecule has 4 aromatic heterocycles. The molecular weight excluding hydrogens is 463 g/mol. The van der Waals surface area contributed by atoms with Crippen molar-refractivity contribution in [1.82, 2.24) is 29.4 Å². The Bertz CT molecular complexity index is 1330. The Hall–Kier alpha value is -3.11. The van der Waals surface area contributed by atoms with Gasteiger partial charge in [-0.05, 0) is 45.0 Å². The number of aryl methyl sites for hydroxylation is 1. The van der Waals surface area contributed by atoms with Gasteiger partial charge in [-0.25, -0.2) is 24.3 Å². The van der Waals surface area contributed by atoms with Crippen LogP contribution in [0.3, 0.4) is 0 Å². The molecule has 2 fully saturated rings. The maximum atomic E-state index is 14.8. The van der Waals surface area contributed by atoms with Gasteiger partial charge in [-0.1, -0.05) is 12.8 Å². The summed E-state index contributed by atoms with van der Waals surface area (Å²) in [4.78, 5) is 24.4. The Balaban J connectivity index is 1.23. The molecule has 8 nitrogen and oxygen atoms in total. The highest BCUT2D eigenvalue weighted by Crippen LogP contribution is 2.39. The van der Waals surface area contributed by atoms with Crippen molar-refractivity contribution in [3.8, 4) is 10.6 Å². The maximum absolute atomic E-state index is 14.8. The molecule has 1 saturated heterocycles. The summed E-state index contributed by atoms with van der Waals surface area (Å²) in [7, 11) is 2.14. The van der Waals surface area contributed by atoms with Crippen LogP contribution < -0.4 is 10.2 Å². The van der Waals surface area contributed by atoms with E-state index < -0.39 is 5.82 Å². The fourth-order valence-electron chi connectivity index (χ4n) is 5.14. The average Bonchev–Trinajstić information content (AvgIpc) is 3.58. The van der Waals surface area contributed by atoms with Gasteiger partial charge in [0.2, 0.25) is 5.95 Å². The number of nitrogens with zero attached hydrogens (tertiary/aromatic N) is 7. The minimum Gasteiger partial charge on any atom is -0.368 e. The third kappa shape index (κ3) is 4.36. The van der Waals surface area contributed by atoms with Crippen LogP contribution in [0.25, 0.3) is 20.9 Å². The van der Waals surface area contributed by atoms with Crippen LogP contribution in [0, 0.1) is 12.7 Å². The number of hydrogen-bond acceptors (Lipinski definition) is 8. The fraction of sp³-hybridized carbons (Fsp3) is 0.440. The fourth-order valence-corrected chi connectivity index (χ4v) is 6.34. The van der Waals surface area contributed by atoms with Crippen molar-refractivity contribution in [2.75, 3.05) is 43.4 Å². The van der Waals surface area contributed by atoms with Crippen molar-refractivity contribution < 1.29 is 4.39 Å². The first-order valence-corrected chi connectivity index (χ1v) is 13.0. The standard InChI is InChI=1S/C25H29FN8S/c1-16-29-20-13-21(35-24(20)34(16)17-5-3-4-6-17)23-19(26)15-28-25(31-23)30-22-8-7-18(14-27-22)33-11-9-32(2)10-12-33/h7-8,13-15,17H,3-6,9-12H2,1-2H3,(H,27,28,30,31). The van der Waals surface area contributed by atoms with Gasteiger partial charge in [0, 0.05) is 32.2 Å². The quantitative estimate of drug-likeness (QED) is 0.420. The normalized spacial score (nSPS) is 17.5. The first-order valence-electron chi connectivity index (χ1n) is 12.2. The number of thiophene rings is 1. The number of likely N-dealkylation sites (N-methyl/N-ethyl adjacent to an activating group) is 1. The molecule has 35 heavy (non-hydrogen) atoms. The third-order valence-corrected chi connectivity index (χ3v) is 8.20. The lowest BCUT2D eigenvalue weighted by molar-refractivity contribution is 0.313. The largest absolute Gasteiger partial charge is 0.368 e. The first-order chi connectivity index (χ1) is 17.0. The lowest BCUT2D eigenvalue weighted by Crippen LogP contribution is -2.44. The van der Waals surface area contributed by atoms with E-state index in [2.05, 4.69) is 48.6 Å². The highest BCUT2D eigenvalue weighted by atomic mass is 32.1. The minimum atomic E-state index is -0.443. The molecule has 1 aliphatic heterocycles. The molecule has 0 unspecified atom stereocenters. The van der Waals surface area contributed by atoms with Crippen molar-refractivity contribution in [2.45, 2.75) is 38.6 Å². The second kappa shape index (κ2) is 9.16. The summed E-state index contributed by atoms with van der Waals surface area (Å²) in [6, 6.07) is 6.39.